The molecule has 2 aromatic rings. The highest BCUT2D eigenvalue weighted by atomic mass is 35.5. The number of nitrogens with zero attached hydrogens (tertiary/aromatic N) is 2. The van der Waals surface area contributed by atoms with E-state index in [1.54, 1.807) is 29.4 Å². The van der Waals surface area contributed by atoms with Crippen LogP contribution in [0.4, 0.5) is 5.69 Å². The Bertz CT molecular complexity index is 621. The summed E-state index contributed by atoms with van der Waals surface area (Å²) >= 11 is 6.28. The third-order valence-corrected chi connectivity index (χ3v) is 3.98. The first-order chi connectivity index (χ1) is 10.3. The number of anilines is 1. The molecule has 0 unspecified atom stereocenters. The van der Waals surface area contributed by atoms with Gasteiger partial charge in [0.2, 0.25) is 5.91 Å². The molecule has 110 valence electrons. The Morgan fingerprint density at radius 1 is 1.48 bits per heavy atom. The van der Waals surface area contributed by atoms with Crippen molar-refractivity contribution in [1.29, 1.82) is 0 Å². The minimum atomic E-state index is 0.00775. The standard InChI is InChI=1S/C15H17ClN4O/c16-12-4-1-5-13(14(12)20-8-7-18-10-20)19-15(21)11-3-2-6-17-9-11/h1,4-5,7-8,10-11,17H,2-3,6,9H2,(H,19,21)/t11-/m1/s1. The number of benzene rings is 1. The van der Waals surface area contributed by atoms with Crippen LogP contribution in [0.1, 0.15) is 12.8 Å². The number of amides is 1. The molecule has 0 spiro atoms. The molecule has 0 aliphatic carbocycles. The summed E-state index contributed by atoms with van der Waals surface area (Å²) < 4.78 is 1.80. The van der Waals surface area contributed by atoms with Crippen LogP contribution in [0.2, 0.25) is 5.02 Å². The number of halogens is 1. The molecule has 1 aromatic heterocycles. The molecule has 0 saturated carbocycles. The van der Waals surface area contributed by atoms with E-state index < -0.39 is 0 Å². The van der Waals surface area contributed by atoms with Crippen LogP contribution in [0.15, 0.2) is 36.9 Å². The van der Waals surface area contributed by atoms with E-state index in [-0.39, 0.29) is 11.8 Å². The van der Waals surface area contributed by atoms with Crippen molar-refractivity contribution in [1.82, 2.24) is 14.9 Å². The number of piperidine rings is 1. The smallest absolute Gasteiger partial charge is 0.228 e. The van der Waals surface area contributed by atoms with Gasteiger partial charge in [0, 0.05) is 18.9 Å². The molecule has 1 atom stereocenters. The number of carbonyl (C=O) groups is 1. The number of hydrogen-bond acceptors (Lipinski definition) is 3. The van der Waals surface area contributed by atoms with Crippen molar-refractivity contribution < 1.29 is 4.79 Å². The molecule has 0 radical (unpaired) electrons. The first-order valence-electron chi connectivity index (χ1n) is 7.04. The van der Waals surface area contributed by atoms with E-state index in [0.717, 1.165) is 31.6 Å². The van der Waals surface area contributed by atoms with Crippen LogP contribution < -0.4 is 10.6 Å². The normalized spacial score (nSPS) is 18.4. The van der Waals surface area contributed by atoms with Crippen LogP contribution in [0.25, 0.3) is 5.69 Å². The number of hydrogen-bond donors (Lipinski definition) is 2. The molecule has 6 heteroatoms. The molecule has 1 aliphatic rings. The third-order valence-electron chi connectivity index (χ3n) is 3.67. The Morgan fingerprint density at radius 3 is 3.10 bits per heavy atom. The van der Waals surface area contributed by atoms with Crippen molar-refractivity contribution in [3.05, 3.63) is 41.9 Å². The first-order valence-corrected chi connectivity index (χ1v) is 7.42. The summed E-state index contributed by atoms with van der Waals surface area (Å²) in [5, 5.41) is 6.83. The number of nitrogens with one attached hydrogen (secondary N) is 2. The fourth-order valence-electron chi connectivity index (χ4n) is 2.58. The third kappa shape index (κ3) is 3.09. The van der Waals surface area contributed by atoms with Gasteiger partial charge in [-0.1, -0.05) is 17.7 Å². The van der Waals surface area contributed by atoms with Gasteiger partial charge in [0.05, 0.1) is 28.6 Å². The topological polar surface area (TPSA) is 59.0 Å². The fourth-order valence-corrected chi connectivity index (χ4v) is 2.85. The summed E-state index contributed by atoms with van der Waals surface area (Å²) in [6.45, 7) is 1.72. The van der Waals surface area contributed by atoms with Crippen molar-refractivity contribution >= 4 is 23.2 Å². The van der Waals surface area contributed by atoms with Crippen LogP contribution in [0.3, 0.4) is 0 Å². The molecular formula is C15H17ClN4O. The van der Waals surface area contributed by atoms with Crippen molar-refractivity contribution in [2.75, 3.05) is 18.4 Å². The molecule has 2 N–H and O–H groups in total. The zero-order valence-electron chi connectivity index (χ0n) is 11.6. The number of aromatic nitrogens is 2. The van der Waals surface area contributed by atoms with Gasteiger partial charge in [0.25, 0.3) is 0 Å². The molecule has 1 aromatic carbocycles. The van der Waals surface area contributed by atoms with Gasteiger partial charge in [-0.05, 0) is 31.5 Å². The van der Waals surface area contributed by atoms with E-state index in [2.05, 4.69) is 15.6 Å². The molecule has 5 nitrogen and oxygen atoms in total. The van der Waals surface area contributed by atoms with E-state index in [9.17, 15) is 4.79 Å². The van der Waals surface area contributed by atoms with E-state index in [0.29, 0.717) is 10.7 Å². The molecule has 1 amide bonds. The SMILES string of the molecule is O=C(Nc1cccc(Cl)c1-n1ccnc1)[C@@H]1CCCNC1. The lowest BCUT2D eigenvalue weighted by Crippen LogP contribution is -2.37. The van der Waals surface area contributed by atoms with E-state index in [4.69, 9.17) is 11.6 Å². The summed E-state index contributed by atoms with van der Waals surface area (Å²) in [7, 11) is 0. The maximum absolute atomic E-state index is 12.4. The fraction of sp³-hybridized carbons (Fsp3) is 0.333. The molecule has 1 saturated heterocycles. The van der Waals surface area contributed by atoms with E-state index in [1.165, 1.54) is 0 Å². The largest absolute Gasteiger partial charge is 0.324 e. The second kappa shape index (κ2) is 6.28. The molecule has 1 fully saturated rings. The predicted octanol–water partition coefficient (Wildman–Crippen LogP) is 2.46. The predicted molar refractivity (Wildman–Crippen MR) is 82.8 cm³/mol. The van der Waals surface area contributed by atoms with Gasteiger partial charge < -0.3 is 15.2 Å². The summed E-state index contributed by atoms with van der Waals surface area (Å²) in [5.74, 6) is 0.0409. The monoisotopic (exact) mass is 304 g/mol. The zero-order valence-corrected chi connectivity index (χ0v) is 12.3. The van der Waals surface area contributed by atoms with Crippen LogP contribution >= 0.6 is 11.6 Å². The number of carbonyl (C=O) groups excluding carboxylic acids is 1. The minimum Gasteiger partial charge on any atom is -0.324 e. The molecule has 1 aliphatic heterocycles. The highest BCUT2D eigenvalue weighted by molar-refractivity contribution is 6.33. The van der Waals surface area contributed by atoms with Gasteiger partial charge >= 0.3 is 0 Å². The second-order valence-corrected chi connectivity index (χ2v) is 5.55. The Hall–Kier alpha value is -1.85. The Labute approximate surface area is 128 Å². The Kier molecular flexibility index (Phi) is 4.22. The first kappa shape index (κ1) is 14.1. The quantitative estimate of drug-likeness (QED) is 0.916. The highest BCUT2D eigenvalue weighted by Gasteiger charge is 2.22. The van der Waals surface area contributed by atoms with Gasteiger partial charge in [-0.2, -0.15) is 0 Å². The van der Waals surface area contributed by atoms with Crippen molar-refractivity contribution in [2.24, 2.45) is 5.92 Å². The Morgan fingerprint density at radius 2 is 2.38 bits per heavy atom. The molecule has 3 rings (SSSR count). The van der Waals surface area contributed by atoms with Gasteiger partial charge in [-0.25, -0.2) is 4.98 Å². The van der Waals surface area contributed by atoms with Crippen LogP contribution in [-0.4, -0.2) is 28.5 Å². The van der Waals surface area contributed by atoms with Crippen LogP contribution in [-0.2, 0) is 4.79 Å². The van der Waals surface area contributed by atoms with Gasteiger partial charge in [0.1, 0.15) is 0 Å². The average molecular weight is 305 g/mol. The average Bonchev–Trinajstić information content (AvgIpc) is 3.02. The lowest BCUT2D eigenvalue weighted by molar-refractivity contribution is -0.120. The van der Waals surface area contributed by atoms with Gasteiger partial charge in [0.15, 0.2) is 0 Å². The Balaban J connectivity index is 1.85. The van der Waals surface area contributed by atoms with Gasteiger partial charge in [-0.15, -0.1) is 0 Å². The number of rotatable bonds is 3. The molecular weight excluding hydrogens is 288 g/mol. The van der Waals surface area contributed by atoms with Crippen molar-refractivity contribution in [3.8, 4) is 5.69 Å². The van der Waals surface area contributed by atoms with Crippen LogP contribution in [0.5, 0.6) is 0 Å². The van der Waals surface area contributed by atoms with Crippen LogP contribution in [0, 0.1) is 5.92 Å². The lowest BCUT2D eigenvalue weighted by Gasteiger charge is -2.22. The minimum absolute atomic E-state index is 0.00775. The second-order valence-electron chi connectivity index (χ2n) is 5.14. The van der Waals surface area contributed by atoms with Crippen molar-refractivity contribution in [3.63, 3.8) is 0 Å². The molecule has 0 bridgehead atoms. The summed E-state index contributed by atoms with van der Waals surface area (Å²) in [6, 6.07) is 5.49. The van der Waals surface area contributed by atoms with Crippen molar-refractivity contribution in [2.45, 2.75) is 12.8 Å². The summed E-state index contributed by atoms with van der Waals surface area (Å²) in [4.78, 5) is 16.4. The lowest BCUT2D eigenvalue weighted by atomic mass is 9.99. The van der Waals surface area contributed by atoms with E-state index >= 15 is 0 Å². The number of imidazole rings is 1. The van der Waals surface area contributed by atoms with Gasteiger partial charge in [-0.3, -0.25) is 4.79 Å². The summed E-state index contributed by atoms with van der Waals surface area (Å²) in [5.41, 5.74) is 1.45. The maximum Gasteiger partial charge on any atom is 0.228 e. The molecule has 2 heterocycles. The van der Waals surface area contributed by atoms with E-state index in [1.807, 2.05) is 12.1 Å². The zero-order chi connectivity index (χ0) is 14.7. The maximum atomic E-state index is 12.4. The molecule has 21 heavy (non-hydrogen) atoms. The highest BCUT2D eigenvalue weighted by Crippen LogP contribution is 2.29. The summed E-state index contributed by atoms with van der Waals surface area (Å²) in [6.07, 6.45) is 7.10. The number of para-hydroxylation sites is 1.